The predicted molar refractivity (Wildman–Crippen MR) is 98.9 cm³/mol. The van der Waals surface area contributed by atoms with Gasteiger partial charge in [0.05, 0.1) is 16.9 Å². The van der Waals surface area contributed by atoms with E-state index in [4.69, 9.17) is 0 Å². The average molecular weight is 436 g/mol. The Bertz CT molecular complexity index is 1510. The van der Waals surface area contributed by atoms with Crippen molar-refractivity contribution in [2.45, 2.75) is 0 Å². The number of H-pyrrole nitrogens is 1. The van der Waals surface area contributed by atoms with Gasteiger partial charge in [-0.15, -0.1) is 0 Å². The third kappa shape index (κ3) is 2.76. The van der Waals surface area contributed by atoms with Crippen LogP contribution in [0.15, 0.2) is 24.3 Å². The number of halogens is 7. The summed E-state index contributed by atoms with van der Waals surface area (Å²) in [6.45, 7) is 0. The van der Waals surface area contributed by atoms with E-state index in [9.17, 15) is 30.8 Å². The fourth-order valence-corrected chi connectivity index (χ4v) is 3.24. The summed E-state index contributed by atoms with van der Waals surface area (Å²) in [5, 5.41) is 0. The quantitative estimate of drug-likeness (QED) is 0.343. The molecule has 11 heteroatoms. The summed E-state index contributed by atoms with van der Waals surface area (Å²) in [6, 6.07) is 4.84. The summed E-state index contributed by atoms with van der Waals surface area (Å²) >= 11 is 0. The van der Waals surface area contributed by atoms with Gasteiger partial charge in [0.15, 0.2) is 40.4 Å². The van der Waals surface area contributed by atoms with Crippen LogP contribution in [0, 0.1) is 23.3 Å². The van der Waals surface area contributed by atoms with Crippen LogP contribution >= 0.6 is 0 Å². The molecule has 0 aliphatic carbocycles. The van der Waals surface area contributed by atoms with Gasteiger partial charge in [-0.25, -0.2) is 36.3 Å². The van der Waals surface area contributed by atoms with Crippen LogP contribution in [-0.2, 0) is 0 Å². The van der Waals surface area contributed by atoms with Gasteiger partial charge in [0.2, 0.25) is 0 Å². The molecule has 0 amide bonds. The first-order chi connectivity index (χ1) is 14.8. The number of aromatic amines is 1. The molecule has 4 nitrogen and oxygen atoms in total. The van der Waals surface area contributed by atoms with E-state index >= 15 is 0 Å². The van der Waals surface area contributed by atoms with Crippen molar-refractivity contribution in [3.63, 3.8) is 0 Å². The summed E-state index contributed by atoms with van der Waals surface area (Å²) in [5.41, 5.74) is -5.17. The fourth-order valence-electron chi connectivity index (χ4n) is 3.24. The summed E-state index contributed by atoms with van der Waals surface area (Å²) in [4.78, 5) is 9.14. The van der Waals surface area contributed by atoms with E-state index < -0.39 is 62.1 Å². The zero-order valence-electron chi connectivity index (χ0n) is 15.0. The molecular formula is C20H7F7N4. The van der Waals surface area contributed by atoms with Gasteiger partial charge in [0.25, 0.3) is 0 Å². The van der Waals surface area contributed by atoms with E-state index in [0.717, 1.165) is 6.07 Å². The van der Waals surface area contributed by atoms with Crippen molar-refractivity contribution in [3.05, 3.63) is 70.3 Å². The second-order valence-electron chi connectivity index (χ2n) is 6.62. The van der Waals surface area contributed by atoms with Crippen LogP contribution in [-0.4, -0.2) is 19.7 Å². The highest BCUT2D eigenvalue weighted by Gasteiger charge is 2.30. The second kappa shape index (κ2) is 6.56. The molecule has 0 saturated heterocycles. The van der Waals surface area contributed by atoms with Crippen LogP contribution in [0.5, 0.6) is 0 Å². The Morgan fingerprint density at radius 2 is 1.35 bits per heavy atom. The van der Waals surface area contributed by atoms with Crippen LogP contribution in [0.3, 0.4) is 0 Å². The number of rotatable bonds is 0. The molecule has 5 heterocycles. The highest BCUT2D eigenvalue weighted by atomic mass is 19.2. The van der Waals surface area contributed by atoms with Crippen LogP contribution in [0.4, 0.5) is 30.8 Å². The third-order valence-corrected chi connectivity index (χ3v) is 4.71. The minimum Gasteiger partial charge on any atom is -0.353 e. The topological polar surface area (TPSA) is 46.5 Å². The van der Waals surface area contributed by atoms with Crippen LogP contribution < -0.4 is 0 Å². The van der Waals surface area contributed by atoms with Gasteiger partial charge < -0.3 is 4.98 Å². The maximum atomic E-state index is 14.8. The van der Waals surface area contributed by atoms with Crippen LogP contribution in [0.25, 0.3) is 45.9 Å². The van der Waals surface area contributed by atoms with Crippen molar-refractivity contribution >= 4 is 45.9 Å². The van der Waals surface area contributed by atoms with E-state index in [1.165, 1.54) is 30.4 Å². The predicted octanol–water partition coefficient (Wildman–Crippen LogP) is 6.01. The molecule has 31 heavy (non-hydrogen) atoms. The zero-order valence-corrected chi connectivity index (χ0v) is 15.0. The highest BCUT2D eigenvalue weighted by molar-refractivity contribution is 5.87. The van der Waals surface area contributed by atoms with Gasteiger partial charge in [-0.05, 0) is 36.4 Å². The molecule has 0 saturated carbocycles. The summed E-state index contributed by atoms with van der Waals surface area (Å²) < 4.78 is 101. The largest absolute Gasteiger partial charge is 0.353 e. The zero-order chi connectivity index (χ0) is 22.0. The molecule has 0 spiro atoms. The molecule has 3 aromatic heterocycles. The molecule has 3 aromatic rings. The first-order valence-electron chi connectivity index (χ1n) is 8.62. The van der Waals surface area contributed by atoms with Crippen molar-refractivity contribution in [1.82, 2.24) is 19.7 Å². The maximum Gasteiger partial charge on any atom is 0.190 e. The Morgan fingerprint density at radius 1 is 0.710 bits per heavy atom. The molecule has 2 aliphatic heterocycles. The third-order valence-electron chi connectivity index (χ3n) is 4.71. The van der Waals surface area contributed by atoms with E-state index in [-0.39, 0.29) is 16.9 Å². The van der Waals surface area contributed by atoms with E-state index in [1.54, 1.807) is 0 Å². The van der Waals surface area contributed by atoms with E-state index in [1.807, 2.05) is 0 Å². The molecule has 0 radical (unpaired) electrons. The van der Waals surface area contributed by atoms with Crippen molar-refractivity contribution in [1.29, 1.82) is 0 Å². The lowest BCUT2D eigenvalue weighted by Crippen LogP contribution is -1.92. The van der Waals surface area contributed by atoms with Crippen molar-refractivity contribution < 1.29 is 30.8 Å². The molecule has 0 unspecified atom stereocenters. The number of aromatic nitrogens is 4. The van der Waals surface area contributed by atoms with Gasteiger partial charge in [0.1, 0.15) is 16.9 Å². The lowest BCUT2D eigenvalue weighted by molar-refractivity contribution is 0.393. The molecule has 1 N–H and O–H groups in total. The average Bonchev–Trinajstić information content (AvgIpc) is 3.49. The molecule has 156 valence electrons. The summed E-state index contributed by atoms with van der Waals surface area (Å²) in [7, 11) is 0. The Balaban J connectivity index is 2.04. The molecule has 2 aliphatic rings. The monoisotopic (exact) mass is 436 g/mol. The Labute approximate surface area is 167 Å². The number of fused-ring (bicyclic) bond motifs is 8. The standard InChI is InChI=1S/C20H7F7N4/c21-12-10-4-3-8(29-10)5-7-1-2-9(28-7)6-11-13(22)16(25)20(31(11)27)17(26)19-15(24)14(23)18(12)30-19/h1-6,29H. The maximum absolute atomic E-state index is 14.8. The van der Waals surface area contributed by atoms with Gasteiger partial charge in [0, 0.05) is 5.52 Å². The van der Waals surface area contributed by atoms with Gasteiger partial charge in [-0.3, -0.25) is 0 Å². The van der Waals surface area contributed by atoms with Gasteiger partial charge >= 0.3 is 0 Å². The number of hydrogen-bond acceptors (Lipinski definition) is 2. The van der Waals surface area contributed by atoms with Gasteiger partial charge in [-0.2, -0.15) is 4.79 Å². The minimum absolute atomic E-state index is 0.00364. The number of nitrogens with zero attached hydrogens (tertiary/aromatic N) is 3. The highest BCUT2D eigenvalue weighted by Crippen LogP contribution is 2.36. The second-order valence-corrected chi connectivity index (χ2v) is 6.62. The molecule has 5 rings (SSSR count). The van der Waals surface area contributed by atoms with Crippen molar-refractivity contribution in [2.75, 3.05) is 0 Å². The van der Waals surface area contributed by atoms with Gasteiger partial charge in [-0.1, -0.05) is 4.48 Å². The molecule has 0 aromatic carbocycles. The Hall–Kier alpha value is -3.89. The smallest absolute Gasteiger partial charge is 0.190 e. The van der Waals surface area contributed by atoms with Crippen molar-refractivity contribution in [2.24, 2.45) is 0 Å². The lowest BCUT2D eigenvalue weighted by atomic mass is 10.3. The minimum atomic E-state index is -2.06. The van der Waals surface area contributed by atoms with E-state index in [0.29, 0.717) is 5.52 Å². The number of nitrogens with one attached hydrogen (secondary N) is 1. The first kappa shape index (κ1) is 19.1. The first-order valence-corrected chi connectivity index (χ1v) is 8.62. The fraction of sp³-hybridized carbons (Fsp3) is 0. The van der Waals surface area contributed by atoms with Crippen molar-refractivity contribution in [3.8, 4) is 0 Å². The molecule has 8 bridgehead atoms. The van der Waals surface area contributed by atoms with E-state index in [2.05, 4.69) is 15.0 Å². The Morgan fingerprint density at radius 3 is 2.06 bits per heavy atom. The summed E-state index contributed by atoms with van der Waals surface area (Å²) in [6.07, 6.45) is 2.81. The molecule has 0 fully saturated rings. The van der Waals surface area contributed by atoms with Crippen LogP contribution in [0.2, 0.25) is 0 Å². The van der Waals surface area contributed by atoms with Crippen LogP contribution in [0.1, 0.15) is 22.8 Å². The normalized spacial score (nSPS) is 13.4. The lowest BCUT2D eigenvalue weighted by Gasteiger charge is -1.94. The Kier molecular flexibility index (Phi) is 4.04. The molecular weight excluding hydrogens is 429 g/mol. The molecule has 0 atom stereocenters. The SMILES string of the molecule is FC1=C(F)c2nc1c(F)c1ccc(cc3nc(cc4c(F)c(F)c(c2F)n4F)C=C3)[nH]1. The number of hydrogen-bond donors (Lipinski definition) is 1. The summed E-state index contributed by atoms with van der Waals surface area (Å²) in [5.74, 6) is -11.1.